The molecule has 2 fully saturated rings. The molecule has 4 atom stereocenters. The number of sulfone groups is 1. The summed E-state index contributed by atoms with van der Waals surface area (Å²) in [6.07, 6.45) is 6.21. The highest BCUT2D eigenvalue weighted by atomic mass is 32.2. The van der Waals surface area contributed by atoms with Crippen molar-refractivity contribution in [3.8, 4) is 0 Å². The summed E-state index contributed by atoms with van der Waals surface area (Å²) in [5.74, 6) is 1.39. The Labute approximate surface area is 103 Å². The van der Waals surface area contributed by atoms with Crippen LogP contribution in [0.25, 0.3) is 0 Å². The van der Waals surface area contributed by atoms with Crippen LogP contribution >= 0.6 is 0 Å². The molecule has 98 valence electrons. The topological polar surface area (TPSA) is 63.2 Å². The summed E-state index contributed by atoms with van der Waals surface area (Å²) in [6.45, 7) is 2.01. The molecule has 2 aliphatic carbocycles. The molecule has 5 heteroatoms. The van der Waals surface area contributed by atoms with Gasteiger partial charge in [0, 0.05) is 12.3 Å². The lowest BCUT2D eigenvalue weighted by atomic mass is 9.84. The molecule has 0 heterocycles. The molecule has 2 saturated carbocycles. The molecule has 2 bridgehead atoms. The van der Waals surface area contributed by atoms with Crippen molar-refractivity contribution >= 4 is 15.7 Å². The van der Waals surface area contributed by atoms with E-state index in [1.807, 2.05) is 6.92 Å². The van der Waals surface area contributed by atoms with Gasteiger partial charge in [0.1, 0.15) is 5.75 Å². The van der Waals surface area contributed by atoms with Crippen molar-refractivity contribution in [1.29, 1.82) is 0 Å². The molecule has 0 unspecified atom stereocenters. The van der Waals surface area contributed by atoms with Crippen LogP contribution in [0.1, 0.15) is 32.6 Å². The maximum Gasteiger partial charge on any atom is 0.235 e. The van der Waals surface area contributed by atoms with Crippen LogP contribution in [0.2, 0.25) is 0 Å². The van der Waals surface area contributed by atoms with Gasteiger partial charge in [-0.25, -0.2) is 8.42 Å². The summed E-state index contributed by atoms with van der Waals surface area (Å²) < 4.78 is 22.0. The van der Waals surface area contributed by atoms with E-state index in [2.05, 4.69) is 5.32 Å². The van der Waals surface area contributed by atoms with Gasteiger partial charge in [0.2, 0.25) is 5.91 Å². The second-order valence-electron chi connectivity index (χ2n) is 5.76. The first-order valence-corrected chi connectivity index (χ1v) is 8.38. The van der Waals surface area contributed by atoms with Gasteiger partial charge in [0.15, 0.2) is 9.84 Å². The fourth-order valence-electron chi connectivity index (χ4n) is 3.55. The molecule has 2 rings (SSSR count). The van der Waals surface area contributed by atoms with Crippen molar-refractivity contribution in [1.82, 2.24) is 5.32 Å². The number of carbonyl (C=O) groups is 1. The van der Waals surface area contributed by atoms with Crippen LogP contribution in [0.5, 0.6) is 0 Å². The predicted octanol–water partition coefficient (Wildman–Crippen LogP) is 0.972. The van der Waals surface area contributed by atoms with Crippen molar-refractivity contribution in [3.05, 3.63) is 0 Å². The molecule has 0 aromatic rings. The number of rotatable bonds is 4. The highest BCUT2D eigenvalue weighted by Gasteiger charge is 2.42. The molecule has 0 aromatic carbocycles. The van der Waals surface area contributed by atoms with Gasteiger partial charge in [0.25, 0.3) is 0 Å². The van der Waals surface area contributed by atoms with Gasteiger partial charge in [-0.05, 0) is 43.9 Å². The summed E-state index contributed by atoms with van der Waals surface area (Å²) in [7, 11) is -3.21. The fourth-order valence-corrected chi connectivity index (χ4v) is 4.11. The minimum Gasteiger partial charge on any atom is -0.352 e. The van der Waals surface area contributed by atoms with Gasteiger partial charge < -0.3 is 5.32 Å². The first-order valence-electron chi connectivity index (χ1n) is 6.32. The lowest BCUT2D eigenvalue weighted by molar-refractivity contribution is -0.119. The van der Waals surface area contributed by atoms with Gasteiger partial charge >= 0.3 is 0 Å². The van der Waals surface area contributed by atoms with Crippen molar-refractivity contribution in [2.45, 2.75) is 38.6 Å². The van der Waals surface area contributed by atoms with Crippen LogP contribution in [0.3, 0.4) is 0 Å². The monoisotopic (exact) mass is 259 g/mol. The number of amides is 1. The van der Waals surface area contributed by atoms with E-state index in [1.165, 1.54) is 25.7 Å². The van der Waals surface area contributed by atoms with E-state index in [0.29, 0.717) is 5.92 Å². The maximum atomic E-state index is 11.5. The lowest BCUT2D eigenvalue weighted by Gasteiger charge is -2.28. The lowest BCUT2D eigenvalue weighted by Crippen LogP contribution is -2.42. The Balaban J connectivity index is 1.85. The molecule has 4 nitrogen and oxygen atoms in total. The summed E-state index contributed by atoms with van der Waals surface area (Å²) in [6, 6.07) is 0.111. The normalized spacial score (nSPS) is 33.6. The molecule has 0 aliphatic heterocycles. The number of carbonyl (C=O) groups excluding carboxylic acids is 1. The van der Waals surface area contributed by atoms with E-state index >= 15 is 0 Å². The smallest absolute Gasteiger partial charge is 0.235 e. The fraction of sp³-hybridized carbons (Fsp3) is 0.917. The van der Waals surface area contributed by atoms with Gasteiger partial charge in [-0.15, -0.1) is 0 Å². The largest absolute Gasteiger partial charge is 0.352 e. The maximum absolute atomic E-state index is 11.5. The first-order chi connectivity index (χ1) is 7.85. The minimum atomic E-state index is -3.21. The summed E-state index contributed by atoms with van der Waals surface area (Å²) in [5.41, 5.74) is 0. The van der Waals surface area contributed by atoms with Crippen LogP contribution in [-0.4, -0.2) is 32.4 Å². The van der Waals surface area contributed by atoms with Crippen molar-refractivity contribution in [2.75, 3.05) is 12.0 Å². The molecule has 0 radical (unpaired) electrons. The second-order valence-corrected chi connectivity index (χ2v) is 7.91. The molecular formula is C12H21NO3S. The Morgan fingerprint density at radius 2 is 2.06 bits per heavy atom. The highest BCUT2D eigenvalue weighted by Crippen LogP contribution is 2.49. The number of fused-ring (bicyclic) bond motifs is 2. The third-order valence-electron chi connectivity index (χ3n) is 4.22. The van der Waals surface area contributed by atoms with Gasteiger partial charge in [-0.3, -0.25) is 4.79 Å². The third kappa shape index (κ3) is 3.21. The number of nitrogens with one attached hydrogen (secondary N) is 1. The van der Waals surface area contributed by atoms with Crippen molar-refractivity contribution < 1.29 is 13.2 Å². The highest BCUT2D eigenvalue weighted by molar-refractivity contribution is 7.91. The Morgan fingerprint density at radius 1 is 1.35 bits per heavy atom. The van der Waals surface area contributed by atoms with E-state index in [9.17, 15) is 13.2 Å². The van der Waals surface area contributed by atoms with Crippen molar-refractivity contribution in [3.63, 3.8) is 0 Å². The molecule has 0 spiro atoms. The zero-order valence-corrected chi connectivity index (χ0v) is 11.3. The Bertz CT molecular complexity index is 404. The summed E-state index contributed by atoms with van der Waals surface area (Å²) in [4.78, 5) is 11.5. The van der Waals surface area contributed by atoms with Gasteiger partial charge in [-0.1, -0.05) is 6.42 Å². The van der Waals surface area contributed by atoms with Gasteiger partial charge in [-0.2, -0.15) is 0 Å². The van der Waals surface area contributed by atoms with E-state index in [-0.39, 0.29) is 11.9 Å². The Kier molecular flexibility index (Phi) is 3.48. The summed E-state index contributed by atoms with van der Waals surface area (Å²) in [5, 5.41) is 2.85. The molecule has 2 aliphatic rings. The second kappa shape index (κ2) is 4.59. The van der Waals surface area contributed by atoms with Crippen molar-refractivity contribution in [2.24, 2.45) is 17.8 Å². The van der Waals surface area contributed by atoms with Crippen LogP contribution in [-0.2, 0) is 14.6 Å². The molecule has 0 saturated heterocycles. The number of hydrogen-bond donors (Lipinski definition) is 1. The zero-order chi connectivity index (χ0) is 12.6. The first kappa shape index (κ1) is 12.9. The average molecular weight is 259 g/mol. The van der Waals surface area contributed by atoms with Crippen LogP contribution in [0.4, 0.5) is 0 Å². The van der Waals surface area contributed by atoms with Gasteiger partial charge in [0.05, 0.1) is 0 Å². The molecule has 17 heavy (non-hydrogen) atoms. The van der Waals surface area contributed by atoms with Crippen LogP contribution in [0, 0.1) is 17.8 Å². The van der Waals surface area contributed by atoms with E-state index in [4.69, 9.17) is 0 Å². The standard InChI is InChI=1S/C12H21NO3S/c1-8(13-12(14)7-17(2,15)16)11-6-9-3-4-10(11)5-9/h8-11H,3-7H2,1-2H3,(H,13,14)/t8-,9+,10+,11-/m1/s1. The molecular weight excluding hydrogens is 238 g/mol. The minimum absolute atomic E-state index is 0.111. The van der Waals surface area contributed by atoms with E-state index < -0.39 is 15.6 Å². The SMILES string of the molecule is C[C@@H](NC(=O)CS(C)(=O)=O)[C@H]1C[C@H]2CC[C@H]1C2. The predicted molar refractivity (Wildman–Crippen MR) is 66.3 cm³/mol. The Hall–Kier alpha value is -0.580. The zero-order valence-electron chi connectivity index (χ0n) is 10.5. The quantitative estimate of drug-likeness (QED) is 0.818. The number of hydrogen-bond acceptors (Lipinski definition) is 3. The van der Waals surface area contributed by atoms with E-state index in [1.54, 1.807) is 0 Å². The third-order valence-corrected chi connectivity index (χ3v) is 5.00. The molecule has 1 amide bonds. The summed E-state index contributed by atoms with van der Waals surface area (Å²) >= 11 is 0. The Morgan fingerprint density at radius 3 is 2.53 bits per heavy atom. The van der Waals surface area contributed by atoms with Crippen LogP contribution in [0.15, 0.2) is 0 Å². The van der Waals surface area contributed by atoms with Crippen LogP contribution < -0.4 is 5.32 Å². The molecule has 1 N–H and O–H groups in total. The average Bonchev–Trinajstić information content (AvgIpc) is 2.74. The van der Waals surface area contributed by atoms with E-state index in [0.717, 1.165) is 18.1 Å². The molecule has 0 aromatic heterocycles.